The Morgan fingerprint density at radius 3 is 2.90 bits per heavy atom. The lowest BCUT2D eigenvalue weighted by Crippen LogP contribution is -2.18. The van der Waals surface area contributed by atoms with E-state index in [0.29, 0.717) is 18.1 Å². The van der Waals surface area contributed by atoms with Gasteiger partial charge in [-0.2, -0.15) is 0 Å². The van der Waals surface area contributed by atoms with E-state index in [1.54, 1.807) is 25.3 Å². The molecular weight excluding hydrogens is 262 g/mol. The normalized spacial score (nSPS) is 22.6. The van der Waals surface area contributed by atoms with Crippen molar-refractivity contribution in [2.45, 2.75) is 6.92 Å². The van der Waals surface area contributed by atoms with E-state index >= 15 is 0 Å². The van der Waals surface area contributed by atoms with Gasteiger partial charge in [0.25, 0.3) is 0 Å². The third kappa shape index (κ3) is 2.59. The molecular formula is C18H17NO2. The highest BCUT2D eigenvalue weighted by Gasteiger charge is 2.27. The van der Waals surface area contributed by atoms with Crippen molar-refractivity contribution in [1.29, 1.82) is 0 Å². The van der Waals surface area contributed by atoms with Crippen LogP contribution in [0.4, 0.5) is 0 Å². The summed E-state index contributed by atoms with van der Waals surface area (Å²) in [6.45, 7) is 2.17. The van der Waals surface area contributed by atoms with Gasteiger partial charge in [0, 0.05) is 18.0 Å². The highest BCUT2D eigenvalue weighted by Crippen LogP contribution is 2.37. The van der Waals surface area contributed by atoms with E-state index in [-0.39, 0.29) is 11.9 Å². The summed E-state index contributed by atoms with van der Waals surface area (Å²) in [6.07, 6.45) is 16.4. The van der Waals surface area contributed by atoms with Gasteiger partial charge in [-0.25, -0.2) is 4.79 Å². The van der Waals surface area contributed by atoms with E-state index in [1.807, 2.05) is 18.2 Å². The molecule has 0 amide bonds. The van der Waals surface area contributed by atoms with Gasteiger partial charge in [-0.3, -0.25) is 4.98 Å². The third-order valence-corrected chi connectivity index (χ3v) is 3.72. The zero-order chi connectivity index (χ0) is 14.7. The average molecular weight is 279 g/mol. The molecule has 0 spiro atoms. The molecule has 0 radical (unpaired) electrons. The number of fused-ring (bicyclic) bond motifs is 1. The van der Waals surface area contributed by atoms with E-state index in [1.165, 1.54) is 0 Å². The second-order valence-corrected chi connectivity index (χ2v) is 5.00. The molecule has 1 aromatic rings. The SMILES string of the molecule is CCOC(=O)c1cccnc1C1=CC=CC2C=CC=CC12. The summed E-state index contributed by atoms with van der Waals surface area (Å²) < 4.78 is 5.14. The first kappa shape index (κ1) is 13.6. The number of carbonyl (C=O) groups excluding carboxylic acids is 1. The minimum absolute atomic E-state index is 0.225. The fourth-order valence-electron chi connectivity index (χ4n) is 2.76. The predicted octanol–water partition coefficient (Wildman–Crippen LogP) is 3.57. The van der Waals surface area contributed by atoms with Gasteiger partial charge in [-0.1, -0.05) is 42.5 Å². The largest absolute Gasteiger partial charge is 0.462 e. The maximum absolute atomic E-state index is 12.1. The highest BCUT2D eigenvalue weighted by atomic mass is 16.5. The molecule has 1 heterocycles. The number of hydrogen-bond acceptors (Lipinski definition) is 3. The van der Waals surface area contributed by atoms with Gasteiger partial charge < -0.3 is 4.74 Å². The number of hydrogen-bond donors (Lipinski definition) is 0. The summed E-state index contributed by atoms with van der Waals surface area (Å²) in [5, 5.41) is 0. The summed E-state index contributed by atoms with van der Waals surface area (Å²) in [4.78, 5) is 16.6. The second-order valence-electron chi connectivity index (χ2n) is 5.00. The Kier molecular flexibility index (Phi) is 3.82. The number of esters is 1. The van der Waals surface area contributed by atoms with Crippen molar-refractivity contribution >= 4 is 11.5 Å². The van der Waals surface area contributed by atoms with Gasteiger partial charge >= 0.3 is 5.97 Å². The first-order valence-electron chi connectivity index (χ1n) is 7.17. The number of ether oxygens (including phenoxy) is 1. The number of aromatic nitrogens is 1. The summed E-state index contributed by atoms with van der Waals surface area (Å²) in [7, 11) is 0. The molecule has 1 aromatic heterocycles. The molecule has 3 nitrogen and oxygen atoms in total. The Balaban J connectivity index is 2.02. The van der Waals surface area contributed by atoms with Gasteiger partial charge in [-0.15, -0.1) is 0 Å². The molecule has 0 saturated carbocycles. The number of allylic oxidation sites excluding steroid dienone is 8. The molecule has 0 aromatic carbocycles. The molecule has 0 bridgehead atoms. The molecule has 2 atom stereocenters. The van der Waals surface area contributed by atoms with Gasteiger partial charge in [0.05, 0.1) is 17.9 Å². The Morgan fingerprint density at radius 1 is 1.24 bits per heavy atom. The molecule has 0 N–H and O–H groups in total. The fourth-order valence-corrected chi connectivity index (χ4v) is 2.76. The van der Waals surface area contributed by atoms with E-state index in [4.69, 9.17) is 4.74 Å². The third-order valence-electron chi connectivity index (χ3n) is 3.72. The van der Waals surface area contributed by atoms with Gasteiger partial charge in [0.15, 0.2) is 0 Å². The molecule has 0 fully saturated rings. The van der Waals surface area contributed by atoms with Crippen molar-refractivity contribution in [3.05, 3.63) is 72.1 Å². The minimum atomic E-state index is -0.317. The predicted molar refractivity (Wildman–Crippen MR) is 82.6 cm³/mol. The molecule has 0 aliphatic heterocycles. The molecule has 106 valence electrons. The number of carbonyl (C=O) groups is 1. The molecule has 2 unspecified atom stereocenters. The maximum atomic E-state index is 12.1. The minimum Gasteiger partial charge on any atom is -0.462 e. The first-order chi connectivity index (χ1) is 10.3. The van der Waals surface area contributed by atoms with Crippen molar-refractivity contribution in [1.82, 2.24) is 4.98 Å². The van der Waals surface area contributed by atoms with Crippen molar-refractivity contribution in [3.63, 3.8) is 0 Å². The molecule has 21 heavy (non-hydrogen) atoms. The van der Waals surface area contributed by atoms with Crippen LogP contribution in [-0.4, -0.2) is 17.6 Å². The molecule has 0 saturated heterocycles. The van der Waals surface area contributed by atoms with Gasteiger partial charge in [-0.05, 0) is 24.6 Å². The van der Waals surface area contributed by atoms with Crippen LogP contribution in [0.3, 0.4) is 0 Å². The van der Waals surface area contributed by atoms with E-state index in [9.17, 15) is 4.79 Å². The summed E-state index contributed by atoms with van der Waals surface area (Å²) >= 11 is 0. The lowest BCUT2D eigenvalue weighted by atomic mass is 9.77. The Morgan fingerprint density at radius 2 is 2.05 bits per heavy atom. The van der Waals surface area contributed by atoms with Crippen molar-refractivity contribution in [2.75, 3.05) is 6.61 Å². The van der Waals surface area contributed by atoms with Crippen LogP contribution in [0, 0.1) is 11.8 Å². The standard InChI is InChI=1S/C18H17NO2/c1-2-21-18(20)16-11-6-12-19-17(16)15-10-5-8-13-7-3-4-9-14(13)15/h3-14H,2H2,1H3. The van der Waals surface area contributed by atoms with Crippen molar-refractivity contribution in [3.8, 4) is 0 Å². The quantitative estimate of drug-likeness (QED) is 0.794. The van der Waals surface area contributed by atoms with Crippen LogP contribution < -0.4 is 0 Å². The van der Waals surface area contributed by atoms with Gasteiger partial charge in [0.2, 0.25) is 0 Å². The van der Waals surface area contributed by atoms with Crippen LogP contribution in [0.25, 0.3) is 5.57 Å². The average Bonchev–Trinajstić information content (AvgIpc) is 2.54. The first-order valence-corrected chi connectivity index (χ1v) is 7.17. The van der Waals surface area contributed by atoms with E-state index < -0.39 is 0 Å². The van der Waals surface area contributed by atoms with E-state index in [0.717, 1.165) is 11.3 Å². The topological polar surface area (TPSA) is 39.2 Å². The van der Waals surface area contributed by atoms with Crippen molar-refractivity contribution < 1.29 is 9.53 Å². The lowest BCUT2D eigenvalue weighted by molar-refractivity contribution is 0.0525. The second kappa shape index (κ2) is 5.92. The fraction of sp³-hybridized carbons (Fsp3) is 0.222. The summed E-state index contributed by atoms with van der Waals surface area (Å²) in [5.41, 5.74) is 2.31. The maximum Gasteiger partial charge on any atom is 0.340 e. The lowest BCUT2D eigenvalue weighted by Gasteiger charge is -2.27. The van der Waals surface area contributed by atoms with Crippen LogP contribution in [0.5, 0.6) is 0 Å². The summed E-state index contributed by atoms with van der Waals surface area (Å²) in [5.74, 6) is 0.234. The molecule has 2 aliphatic carbocycles. The molecule has 3 rings (SSSR count). The number of pyridine rings is 1. The monoisotopic (exact) mass is 279 g/mol. The smallest absolute Gasteiger partial charge is 0.340 e. The molecule has 3 heteroatoms. The zero-order valence-electron chi connectivity index (χ0n) is 11.9. The Hall–Kier alpha value is -2.42. The van der Waals surface area contributed by atoms with Crippen LogP contribution in [0.15, 0.2) is 60.9 Å². The Bertz CT molecular complexity index is 668. The summed E-state index contributed by atoms with van der Waals surface area (Å²) in [6, 6.07) is 3.54. The van der Waals surface area contributed by atoms with Crippen LogP contribution in [0.1, 0.15) is 23.0 Å². The zero-order valence-corrected chi connectivity index (χ0v) is 11.9. The van der Waals surface area contributed by atoms with Crippen LogP contribution in [0.2, 0.25) is 0 Å². The number of nitrogens with zero attached hydrogens (tertiary/aromatic N) is 1. The van der Waals surface area contributed by atoms with Crippen molar-refractivity contribution in [2.24, 2.45) is 11.8 Å². The van der Waals surface area contributed by atoms with Gasteiger partial charge in [0.1, 0.15) is 0 Å². The highest BCUT2D eigenvalue weighted by molar-refractivity contribution is 5.95. The van der Waals surface area contributed by atoms with E-state index in [2.05, 4.69) is 29.3 Å². The van der Waals surface area contributed by atoms with Crippen LogP contribution in [-0.2, 0) is 4.74 Å². The Labute approximate surface area is 124 Å². The molecule has 2 aliphatic rings. The van der Waals surface area contributed by atoms with Crippen LogP contribution >= 0.6 is 0 Å². The number of rotatable bonds is 3.